The van der Waals surface area contributed by atoms with Gasteiger partial charge >= 0.3 is 0 Å². The van der Waals surface area contributed by atoms with Crippen LogP contribution in [0.2, 0.25) is 0 Å². The zero-order valence-electron chi connectivity index (χ0n) is 8.82. The first-order valence-corrected chi connectivity index (χ1v) is 4.68. The Labute approximate surface area is 88.3 Å². The molecule has 0 aliphatic rings. The van der Waals surface area contributed by atoms with Gasteiger partial charge in [-0.05, 0) is 19.9 Å². The number of aryl methyl sites for hydroxylation is 1. The first kappa shape index (κ1) is 11.5. The minimum absolute atomic E-state index is 0.0967. The van der Waals surface area contributed by atoms with Crippen molar-refractivity contribution >= 4 is 11.6 Å². The average Bonchev–Trinajstić information content (AvgIpc) is 2.21. The standard InChI is InChI=1S/C10H15N3O2/c1-6(5-14)13-10(15)9-3-8(11)4-12-7(9)2/h3-4,6,14H,5,11H2,1-2H3,(H,13,15). The lowest BCUT2D eigenvalue weighted by molar-refractivity contribution is 0.0921. The van der Waals surface area contributed by atoms with E-state index in [2.05, 4.69) is 10.3 Å². The highest BCUT2D eigenvalue weighted by atomic mass is 16.3. The van der Waals surface area contributed by atoms with Crippen LogP contribution >= 0.6 is 0 Å². The van der Waals surface area contributed by atoms with Crippen LogP contribution in [-0.4, -0.2) is 28.6 Å². The number of aromatic nitrogens is 1. The summed E-state index contributed by atoms with van der Waals surface area (Å²) in [6, 6.07) is 1.29. The molecule has 0 spiro atoms. The first-order valence-electron chi connectivity index (χ1n) is 4.68. The van der Waals surface area contributed by atoms with E-state index in [1.54, 1.807) is 19.9 Å². The number of nitrogens with zero attached hydrogens (tertiary/aromatic N) is 1. The lowest BCUT2D eigenvalue weighted by atomic mass is 10.1. The smallest absolute Gasteiger partial charge is 0.253 e. The molecule has 0 aromatic carbocycles. The van der Waals surface area contributed by atoms with Gasteiger partial charge in [-0.15, -0.1) is 0 Å². The van der Waals surface area contributed by atoms with Gasteiger partial charge in [0.05, 0.1) is 29.7 Å². The molecule has 0 fully saturated rings. The molecule has 5 heteroatoms. The number of nitrogens with two attached hydrogens (primary N) is 1. The number of amides is 1. The van der Waals surface area contributed by atoms with Crippen LogP contribution in [0, 0.1) is 6.92 Å². The van der Waals surface area contributed by atoms with Gasteiger partial charge in [-0.2, -0.15) is 0 Å². The first-order chi connectivity index (χ1) is 7.04. The van der Waals surface area contributed by atoms with Crippen molar-refractivity contribution in [3.8, 4) is 0 Å². The lowest BCUT2D eigenvalue weighted by Gasteiger charge is -2.12. The zero-order chi connectivity index (χ0) is 11.4. The van der Waals surface area contributed by atoms with Crippen molar-refractivity contribution in [2.24, 2.45) is 0 Å². The van der Waals surface area contributed by atoms with Crippen LogP contribution in [0.5, 0.6) is 0 Å². The van der Waals surface area contributed by atoms with Gasteiger partial charge in [-0.3, -0.25) is 9.78 Å². The Morgan fingerprint density at radius 2 is 2.40 bits per heavy atom. The summed E-state index contributed by atoms with van der Waals surface area (Å²) in [5.74, 6) is -0.270. The molecule has 1 atom stereocenters. The minimum Gasteiger partial charge on any atom is -0.397 e. The summed E-state index contributed by atoms with van der Waals surface area (Å²) >= 11 is 0. The van der Waals surface area contributed by atoms with Crippen molar-refractivity contribution in [3.63, 3.8) is 0 Å². The third kappa shape index (κ3) is 2.92. The number of anilines is 1. The van der Waals surface area contributed by atoms with Crippen LogP contribution in [0.15, 0.2) is 12.3 Å². The van der Waals surface area contributed by atoms with Crippen LogP contribution < -0.4 is 11.1 Å². The van der Waals surface area contributed by atoms with E-state index in [1.807, 2.05) is 0 Å². The number of nitrogens with one attached hydrogen (secondary N) is 1. The number of pyridine rings is 1. The molecular formula is C10H15N3O2. The fourth-order valence-corrected chi connectivity index (χ4v) is 1.13. The van der Waals surface area contributed by atoms with E-state index in [4.69, 9.17) is 10.8 Å². The summed E-state index contributed by atoms with van der Waals surface area (Å²) in [6.45, 7) is 3.35. The second kappa shape index (κ2) is 4.75. The molecule has 0 radical (unpaired) electrons. The number of hydrogen-bond donors (Lipinski definition) is 3. The van der Waals surface area contributed by atoms with Gasteiger partial charge in [-0.1, -0.05) is 0 Å². The number of carbonyl (C=O) groups is 1. The van der Waals surface area contributed by atoms with Crippen molar-refractivity contribution in [1.82, 2.24) is 10.3 Å². The molecule has 0 saturated carbocycles. The molecule has 5 nitrogen and oxygen atoms in total. The maximum Gasteiger partial charge on any atom is 0.253 e. The van der Waals surface area contributed by atoms with Crippen molar-refractivity contribution in [2.45, 2.75) is 19.9 Å². The maximum atomic E-state index is 11.7. The third-order valence-corrected chi connectivity index (χ3v) is 2.00. The predicted octanol–water partition coefficient (Wildman–Crippen LogP) is 0.0828. The van der Waals surface area contributed by atoms with Crippen LogP contribution in [0.25, 0.3) is 0 Å². The molecule has 1 aromatic heterocycles. The summed E-state index contributed by atoms with van der Waals surface area (Å²) in [6.07, 6.45) is 1.50. The molecule has 15 heavy (non-hydrogen) atoms. The predicted molar refractivity (Wildman–Crippen MR) is 57.4 cm³/mol. The average molecular weight is 209 g/mol. The van der Waals surface area contributed by atoms with Crippen molar-refractivity contribution in [3.05, 3.63) is 23.5 Å². The van der Waals surface area contributed by atoms with Crippen LogP contribution in [0.4, 0.5) is 5.69 Å². The highest BCUT2D eigenvalue weighted by Gasteiger charge is 2.12. The van der Waals surface area contributed by atoms with Crippen LogP contribution in [0.3, 0.4) is 0 Å². The Morgan fingerprint density at radius 1 is 1.73 bits per heavy atom. The van der Waals surface area contributed by atoms with E-state index < -0.39 is 0 Å². The molecule has 1 unspecified atom stereocenters. The van der Waals surface area contributed by atoms with Gasteiger partial charge in [0.15, 0.2) is 0 Å². The number of aliphatic hydroxyl groups is 1. The fraction of sp³-hybridized carbons (Fsp3) is 0.400. The SMILES string of the molecule is Cc1ncc(N)cc1C(=O)NC(C)CO. The van der Waals surface area contributed by atoms with E-state index >= 15 is 0 Å². The second-order valence-corrected chi connectivity index (χ2v) is 3.46. The van der Waals surface area contributed by atoms with Gasteiger partial charge < -0.3 is 16.2 Å². The molecule has 1 amide bonds. The molecule has 0 aliphatic heterocycles. The van der Waals surface area contributed by atoms with E-state index in [0.29, 0.717) is 16.9 Å². The summed E-state index contributed by atoms with van der Waals surface area (Å²) in [4.78, 5) is 15.7. The molecule has 1 aromatic rings. The zero-order valence-corrected chi connectivity index (χ0v) is 8.82. The Bertz CT molecular complexity index is 366. The largest absolute Gasteiger partial charge is 0.397 e. The Hall–Kier alpha value is -1.62. The molecule has 0 bridgehead atoms. The van der Waals surface area contributed by atoms with E-state index in [9.17, 15) is 4.79 Å². The molecule has 82 valence electrons. The highest BCUT2D eigenvalue weighted by Crippen LogP contribution is 2.09. The maximum absolute atomic E-state index is 11.7. The number of hydrogen-bond acceptors (Lipinski definition) is 4. The monoisotopic (exact) mass is 209 g/mol. The van der Waals surface area contributed by atoms with Crippen molar-refractivity contribution in [2.75, 3.05) is 12.3 Å². The fourth-order valence-electron chi connectivity index (χ4n) is 1.13. The summed E-state index contributed by atoms with van der Waals surface area (Å²) < 4.78 is 0. The highest BCUT2D eigenvalue weighted by molar-refractivity contribution is 5.96. The van der Waals surface area contributed by atoms with E-state index in [0.717, 1.165) is 0 Å². The quantitative estimate of drug-likeness (QED) is 0.658. The normalized spacial score (nSPS) is 12.2. The van der Waals surface area contributed by atoms with Crippen molar-refractivity contribution < 1.29 is 9.90 Å². The van der Waals surface area contributed by atoms with Gasteiger partial charge in [0.2, 0.25) is 0 Å². The van der Waals surface area contributed by atoms with E-state index in [1.165, 1.54) is 6.20 Å². The number of rotatable bonds is 3. The van der Waals surface area contributed by atoms with Crippen molar-refractivity contribution in [1.29, 1.82) is 0 Å². The summed E-state index contributed by atoms with van der Waals surface area (Å²) in [5, 5.41) is 11.4. The molecule has 4 N–H and O–H groups in total. The minimum atomic E-state index is -0.279. The molecule has 0 saturated heterocycles. The topological polar surface area (TPSA) is 88.2 Å². The van der Waals surface area contributed by atoms with Gasteiger partial charge in [0, 0.05) is 6.04 Å². The van der Waals surface area contributed by atoms with Gasteiger partial charge in [0.25, 0.3) is 5.91 Å². The summed E-state index contributed by atoms with van der Waals surface area (Å²) in [5.41, 5.74) is 7.04. The molecular weight excluding hydrogens is 194 g/mol. The Kier molecular flexibility index (Phi) is 3.62. The molecule has 1 rings (SSSR count). The Balaban J connectivity index is 2.86. The van der Waals surface area contributed by atoms with Crippen LogP contribution in [0.1, 0.15) is 23.0 Å². The second-order valence-electron chi connectivity index (χ2n) is 3.46. The number of carbonyl (C=O) groups excluding carboxylic acids is 1. The van der Waals surface area contributed by atoms with Crippen LogP contribution in [-0.2, 0) is 0 Å². The molecule has 1 heterocycles. The summed E-state index contributed by atoms with van der Waals surface area (Å²) in [7, 11) is 0. The Morgan fingerprint density at radius 3 is 3.00 bits per heavy atom. The number of nitrogen functional groups attached to an aromatic ring is 1. The van der Waals surface area contributed by atoms with E-state index in [-0.39, 0.29) is 18.6 Å². The number of aliphatic hydroxyl groups excluding tert-OH is 1. The van der Waals surface area contributed by atoms with Gasteiger partial charge in [0.1, 0.15) is 0 Å². The lowest BCUT2D eigenvalue weighted by Crippen LogP contribution is -2.35. The molecule has 0 aliphatic carbocycles. The van der Waals surface area contributed by atoms with Gasteiger partial charge in [-0.25, -0.2) is 0 Å². The third-order valence-electron chi connectivity index (χ3n) is 2.00.